The molecule has 5 nitrogen and oxygen atoms in total. The maximum Gasteiger partial charge on any atom is 0.240 e. The molecule has 0 heterocycles. The van der Waals surface area contributed by atoms with Crippen LogP contribution in [-0.4, -0.2) is 23.4 Å². The first-order valence-corrected chi connectivity index (χ1v) is 11.2. The average Bonchev–Trinajstić information content (AvgIpc) is 2.62. The second-order valence-corrected chi connectivity index (χ2v) is 10.7. The van der Waals surface area contributed by atoms with Crippen molar-refractivity contribution in [1.82, 2.24) is 10.0 Å². The second-order valence-electron chi connectivity index (χ2n) is 9.84. The third kappa shape index (κ3) is 4.97. The Morgan fingerprint density at radius 3 is 2.40 bits per heavy atom. The lowest BCUT2D eigenvalue weighted by Gasteiger charge is -2.50. The van der Waals surface area contributed by atoms with Gasteiger partial charge in [-0.15, -0.1) is 0 Å². The van der Waals surface area contributed by atoms with Gasteiger partial charge >= 0.3 is 0 Å². The summed E-state index contributed by atoms with van der Waals surface area (Å²) in [4.78, 5) is 25.4. The first kappa shape index (κ1) is 23.0. The number of nitrogens with one attached hydrogen (secondary N) is 2. The number of rotatable bonds is 6. The summed E-state index contributed by atoms with van der Waals surface area (Å²) in [6.45, 7) is 7.54. The molecule has 5 atom stereocenters. The monoisotopic (exact) mass is 439 g/mol. The van der Waals surface area contributed by atoms with Gasteiger partial charge in [0.25, 0.3) is 0 Å². The van der Waals surface area contributed by atoms with E-state index in [4.69, 9.17) is 5.73 Å². The minimum atomic E-state index is -0.967. The Balaban J connectivity index is 1.66. The fraction of sp³-hybridized carbons (Fsp3) is 0.636. The molecule has 0 spiro atoms. The molecule has 0 radical (unpaired) electrons. The van der Waals surface area contributed by atoms with E-state index < -0.39 is 22.6 Å². The summed E-state index contributed by atoms with van der Waals surface area (Å²) in [5.74, 6) is -0.825. The molecule has 2 aliphatic carbocycles. The van der Waals surface area contributed by atoms with Gasteiger partial charge in [-0.05, 0) is 81.4 Å². The average molecular weight is 440 g/mol. The van der Waals surface area contributed by atoms with Crippen LogP contribution in [0.4, 0.5) is 8.78 Å². The minimum absolute atomic E-state index is 0.0367. The van der Waals surface area contributed by atoms with Gasteiger partial charge in [-0.25, -0.2) is 13.5 Å². The van der Waals surface area contributed by atoms with Gasteiger partial charge in [0.2, 0.25) is 11.8 Å². The van der Waals surface area contributed by atoms with Crippen LogP contribution in [0.3, 0.4) is 0 Å². The molecule has 2 fully saturated rings. The molecule has 2 amide bonds. The third-order valence-corrected chi connectivity index (χ3v) is 7.72. The van der Waals surface area contributed by atoms with Gasteiger partial charge in [-0.3, -0.25) is 9.59 Å². The van der Waals surface area contributed by atoms with E-state index in [1.165, 1.54) is 12.1 Å². The summed E-state index contributed by atoms with van der Waals surface area (Å²) in [7, 11) is 0. The van der Waals surface area contributed by atoms with Crippen molar-refractivity contribution in [3.05, 3.63) is 29.8 Å². The van der Waals surface area contributed by atoms with Crippen molar-refractivity contribution in [3.63, 3.8) is 0 Å². The lowest BCUT2D eigenvalue weighted by atomic mass is 9.57. The van der Waals surface area contributed by atoms with Crippen molar-refractivity contribution >= 4 is 23.8 Å². The molecule has 0 aromatic heterocycles. The zero-order chi connectivity index (χ0) is 22.3. The van der Waals surface area contributed by atoms with E-state index >= 15 is 0 Å². The second kappa shape index (κ2) is 8.46. The Morgan fingerprint density at radius 1 is 1.17 bits per heavy atom. The van der Waals surface area contributed by atoms with Gasteiger partial charge in [-0.2, -0.15) is 0 Å². The van der Waals surface area contributed by atoms with Crippen LogP contribution in [0.1, 0.15) is 53.4 Å². The Hall–Kier alpha value is -1.67. The SMILES string of the molecule is CC1CC2CC(CC(C)(C(N)=O)C2)C1NC(=O)C(C)(C)NSc1cc(F)cc(F)c1. The van der Waals surface area contributed by atoms with Crippen LogP contribution >= 0.6 is 11.9 Å². The summed E-state index contributed by atoms with van der Waals surface area (Å²) in [5.41, 5.74) is 4.19. The van der Waals surface area contributed by atoms with E-state index in [1.54, 1.807) is 13.8 Å². The van der Waals surface area contributed by atoms with E-state index in [0.29, 0.717) is 23.2 Å². The topological polar surface area (TPSA) is 84.2 Å². The van der Waals surface area contributed by atoms with E-state index in [1.807, 2.05) is 6.92 Å². The Bertz CT molecular complexity index is 812. The lowest BCUT2D eigenvalue weighted by molar-refractivity contribution is -0.134. The van der Waals surface area contributed by atoms with E-state index in [0.717, 1.165) is 37.3 Å². The number of nitrogens with two attached hydrogens (primary N) is 1. The number of benzene rings is 1. The van der Waals surface area contributed by atoms with Crippen LogP contribution in [0, 0.1) is 34.8 Å². The molecule has 8 heteroatoms. The molecular formula is C22H31F2N3O2S. The molecule has 3 rings (SSSR count). The predicted molar refractivity (Wildman–Crippen MR) is 113 cm³/mol. The third-order valence-electron chi connectivity index (χ3n) is 6.63. The molecule has 0 saturated heterocycles. The minimum Gasteiger partial charge on any atom is -0.369 e. The van der Waals surface area contributed by atoms with Crippen LogP contribution in [-0.2, 0) is 9.59 Å². The molecule has 1 aromatic carbocycles. The van der Waals surface area contributed by atoms with Crippen LogP contribution < -0.4 is 15.8 Å². The van der Waals surface area contributed by atoms with Gasteiger partial charge < -0.3 is 11.1 Å². The van der Waals surface area contributed by atoms with Gasteiger partial charge in [-0.1, -0.05) is 13.8 Å². The summed E-state index contributed by atoms with van der Waals surface area (Å²) < 4.78 is 29.8. The predicted octanol–water partition coefficient (Wildman–Crippen LogP) is 3.77. The van der Waals surface area contributed by atoms with Gasteiger partial charge in [0.1, 0.15) is 17.2 Å². The zero-order valence-electron chi connectivity index (χ0n) is 17.9. The van der Waals surface area contributed by atoms with Gasteiger partial charge in [0.05, 0.1) is 0 Å². The number of halogens is 2. The number of carbonyl (C=O) groups excluding carboxylic acids is 2. The highest BCUT2D eigenvalue weighted by Gasteiger charge is 2.49. The molecule has 1 aromatic rings. The highest BCUT2D eigenvalue weighted by molar-refractivity contribution is 7.97. The van der Waals surface area contributed by atoms with E-state index in [-0.39, 0.29) is 23.8 Å². The van der Waals surface area contributed by atoms with E-state index in [2.05, 4.69) is 17.0 Å². The number of amides is 2. The maximum absolute atomic E-state index is 13.4. The van der Waals surface area contributed by atoms with Crippen molar-refractivity contribution in [2.24, 2.45) is 28.9 Å². The van der Waals surface area contributed by atoms with Crippen LogP contribution in [0.25, 0.3) is 0 Å². The summed E-state index contributed by atoms with van der Waals surface area (Å²) in [6, 6.07) is 3.20. The Kier molecular flexibility index (Phi) is 6.49. The highest BCUT2D eigenvalue weighted by atomic mass is 32.2. The normalized spacial score (nSPS) is 31.3. The van der Waals surface area contributed by atoms with Crippen molar-refractivity contribution in [3.8, 4) is 0 Å². The smallest absolute Gasteiger partial charge is 0.240 e. The first-order chi connectivity index (χ1) is 13.9. The molecule has 2 aliphatic rings. The highest BCUT2D eigenvalue weighted by Crippen LogP contribution is 2.50. The van der Waals surface area contributed by atoms with Crippen LogP contribution in [0.5, 0.6) is 0 Å². The lowest BCUT2D eigenvalue weighted by Crippen LogP contribution is -2.59. The van der Waals surface area contributed by atoms with Crippen molar-refractivity contribution in [1.29, 1.82) is 0 Å². The summed E-state index contributed by atoms with van der Waals surface area (Å²) in [6.07, 6.45) is 3.44. The number of fused-ring (bicyclic) bond motifs is 2. The molecular weight excluding hydrogens is 408 g/mol. The number of primary amides is 1. The fourth-order valence-corrected chi connectivity index (χ4v) is 5.91. The van der Waals surface area contributed by atoms with E-state index in [9.17, 15) is 18.4 Å². The molecule has 30 heavy (non-hydrogen) atoms. The Morgan fingerprint density at radius 2 is 1.80 bits per heavy atom. The van der Waals surface area contributed by atoms with Crippen molar-refractivity contribution < 1.29 is 18.4 Å². The number of hydrogen-bond acceptors (Lipinski definition) is 4. The van der Waals surface area contributed by atoms with Crippen molar-refractivity contribution in [2.45, 2.75) is 69.9 Å². The summed E-state index contributed by atoms with van der Waals surface area (Å²) >= 11 is 1.02. The fourth-order valence-electron chi connectivity index (χ4n) is 5.10. The molecule has 2 bridgehead atoms. The molecule has 5 unspecified atom stereocenters. The largest absolute Gasteiger partial charge is 0.369 e. The first-order valence-electron chi connectivity index (χ1n) is 10.4. The number of carbonyl (C=O) groups is 2. The van der Waals surface area contributed by atoms with Crippen molar-refractivity contribution in [2.75, 3.05) is 0 Å². The molecule has 166 valence electrons. The summed E-state index contributed by atoms with van der Waals surface area (Å²) in [5, 5.41) is 3.19. The zero-order valence-corrected chi connectivity index (χ0v) is 18.7. The van der Waals surface area contributed by atoms with Crippen LogP contribution in [0.15, 0.2) is 23.1 Å². The standard InChI is InChI=1S/C22H31F2N3O2S/c1-12-5-13-6-14(11-22(4,10-13)19(25)28)18(12)26-20(29)21(2,3)27-30-17-8-15(23)7-16(24)9-17/h7-9,12-14,18,27H,5-6,10-11H2,1-4H3,(H2,25,28)(H,26,29). The number of hydrogen-bond donors (Lipinski definition) is 3. The molecule has 4 N–H and O–H groups in total. The van der Waals surface area contributed by atoms with Crippen LogP contribution in [0.2, 0.25) is 0 Å². The quantitative estimate of drug-likeness (QED) is 0.589. The maximum atomic E-state index is 13.4. The molecule has 0 aliphatic heterocycles. The van der Waals surface area contributed by atoms with Gasteiger partial charge in [0, 0.05) is 22.4 Å². The molecule has 2 saturated carbocycles. The van der Waals surface area contributed by atoms with Gasteiger partial charge in [0.15, 0.2) is 0 Å². The Labute approximate surface area is 181 Å².